The molecule has 4 N–H and O–H groups in total. The Morgan fingerprint density at radius 1 is 1.16 bits per heavy atom. The Morgan fingerprint density at radius 3 is 2.65 bits per heavy atom. The summed E-state index contributed by atoms with van der Waals surface area (Å²) in [6.45, 7) is 0.625. The zero-order valence-electron chi connectivity index (χ0n) is 17.9. The van der Waals surface area contributed by atoms with Crippen molar-refractivity contribution >= 4 is 11.7 Å². The molecule has 0 unspecified atom stereocenters. The number of amides is 2. The third kappa shape index (κ3) is 6.18. The predicted octanol–water partition coefficient (Wildman–Crippen LogP) is 1.48. The fourth-order valence-corrected chi connectivity index (χ4v) is 3.86. The van der Waals surface area contributed by atoms with E-state index in [1.165, 1.54) is 5.56 Å². The van der Waals surface area contributed by atoms with E-state index >= 15 is 0 Å². The van der Waals surface area contributed by atoms with Crippen LogP contribution in [0.15, 0.2) is 54.6 Å². The van der Waals surface area contributed by atoms with Crippen molar-refractivity contribution < 1.29 is 24.5 Å². The molecule has 1 aliphatic heterocycles. The molecular formula is C23H31N3O5. The number of nitrogens with one attached hydrogen (secondary N) is 2. The van der Waals surface area contributed by atoms with E-state index < -0.39 is 18.3 Å². The second-order valence-electron chi connectivity index (χ2n) is 7.66. The molecule has 0 spiro atoms. The highest BCUT2D eigenvalue weighted by Crippen LogP contribution is 2.25. The zero-order valence-corrected chi connectivity index (χ0v) is 17.9. The van der Waals surface area contributed by atoms with E-state index in [4.69, 9.17) is 9.47 Å². The minimum atomic E-state index is -0.848. The van der Waals surface area contributed by atoms with Crippen molar-refractivity contribution in [1.29, 1.82) is 0 Å². The molecule has 2 amide bonds. The lowest BCUT2D eigenvalue weighted by atomic mass is 10.0. The Bertz CT molecular complexity index is 835. The van der Waals surface area contributed by atoms with E-state index in [-0.39, 0.29) is 25.2 Å². The largest absolute Gasteiger partial charge is 0.497 e. The fourth-order valence-electron chi connectivity index (χ4n) is 3.86. The van der Waals surface area contributed by atoms with Crippen molar-refractivity contribution in [2.75, 3.05) is 39.2 Å². The zero-order chi connectivity index (χ0) is 22.2. The van der Waals surface area contributed by atoms with Crippen molar-refractivity contribution in [1.82, 2.24) is 10.2 Å². The third-order valence-electron chi connectivity index (χ3n) is 5.54. The molecule has 168 valence electrons. The molecule has 8 nitrogen and oxygen atoms in total. The predicted molar refractivity (Wildman–Crippen MR) is 118 cm³/mol. The molecule has 1 heterocycles. The quantitative estimate of drug-likeness (QED) is 0.482. The van der Waals surface area contributed by atoms with E-state index in [1.807, 2.05) is 30.1 Å². The first-order chi connectivity index (χ1) is 15.0. The molecule has 2 aromatic carbocycles. The summed E-state index contributed by atoms with van der Waals surface area (Å²) < 4.78 is 11.0. The van der Waals surface area contributed by atoms with E-state index in [1.54, 1.807) is 31.4 Å². The normalized spacial score (nSPS) is 23.0. The number of likely N-dealkylation sites (N-methyl/N-ethyl adjacent to an activating group) is 1. The van der Waals surface area contributed by atoms with Crippen molar-refractivity contribution in [3.05, 3.63) is 60.2 Å². The number of nitrogens with zero attached hydrogens (tertiary/aromatic N) is 1. The van der Waals surface area contributed by atoms with E-state index in [0.29, 0.717) is 18.0 Å². The molecule has 8 heteroatoms. The maximum absolute atomic E-state index is 12.3. The summed E-state index contributed by atoms with van der Waals surface area (Å²) in [5.41, 5.74) is 1.81. The maximum atomic E-state index is 12.3. The second-order valence-corrected chi connectivity index (χ2v) is 7.66. The topological polar surface area (TPSA) is 103 Å². The van der Waals surface area contributed by atoms with Crippen molar-refractivity contribution in [2.45, 2.75) is 30.8 Å². The standard InChI is InChI=1S/C23H31N3O5/c1-26(12-11-16-7-4-3-5-8-16)21-19(31-20(15-27)22(21)28)14-24-23(29)25-17-9-6-10-18(13-17)30-2/h3-10,13,19-22,27-28H,11-12,14-15H2,1-2H3,(H2,24,25,29)/t19-,20+,21+,22-/m1/s1. The van der Waals surface area contributed by atoms with Gasteiger partial charge in [0.05, 0.1) is 25.9 Å². The smallest absolute Gasteiger partial charge is 0.319 e. The number of benzene rings is 2. The van der Waals surface area contributed by atoms with Crippen LogP contribution in [-0.2, 0) is 11.2 Å². The molecule has 0 saturated carbocycles. The molecule has 0 aliphatic carbocycles. The van der Waals surface area contributed by atoms with Crippen molar-refractivity contribution in [2.24, 2.45) is 0 Å². The number of carbonyl (C=O) groups excluding carboxylic acids is 1. The lowest BCUT2D eigenvalue weighted by Gasteiger charge is -2.30. The molecule has 0 radical (unpaired) electrons. The van der Waals surface area contributed by atoms with Crippen LogP contribution in [0.25, 0.3) is 0 Å². The number of hydrogen-bond acceptors (Lipinski definition) is 6. The lowest BCUT2D eigenvalue weighted by molar-refractivity contribution is -0.0205. The van der Waals surface area contributed by atoms with Crippen LogP contribution in [0.5, 0.6) is 5.75 Å². The highest BCUT2D eigenvalue weighted by molar-refractivity contribution is 5.89. The number of aliphatic hydroxyl groups excluding tert-OH is 2. The summed E-state index contributed by atoms with van der Waals surface area (Å²) in [7, 11) is 3.48. The Balaban J connectivity index is 1.57. The number of ether oxygens (including phenoxy) is 2. The van der Waals surface area contributed by atoms with Crippen molar-refractivity contribution in [3.8, 4) is 5.75 Å². The molecule has 31 heavy (non-hydrogen) atoms. The van der Waals surface area contributed by atoms with Crippen LogP contribution in [0.1, 0.15) is 5.56 Å². The van der Waals surface area contributed by atoms with Crippen LogP contribution in [0.4, 0.5) is 10.5 Å². The van der Waals surface area contributed by atoms with Crippen LogP contribution in [0.2, 0.25) is 0 Å². The van der Waals surface area contributed by atoms with Gasteiger partial charge in [-0.1, -0.05) is 36.4 Å². The minimum absolute atomic E-state index is 0.198. The summed E-state index contributed by atoms with van der Waals surface area (Å²) in [5.74, 6) is 0.644. The Labute approximate surface area is 182 Å². The van der Waals surface area contributed by atoms with Gasteiger partial charge >= 0.3 is 6.03 Å². The first kappa shape index (κ1) is 23.0. The number of aliphatic hydroxyl groups is 2. The van der Waals surface area contributed by atoms with E-state index in [9.17, 15) is 15.0 Å². The monoisotopic (exact) mass is 429 g/mol. The van der Waals surface area contributed by atoms with Crippen LogP contribution in [-0.4, -0.2) is 79.4 Å². The van der Waals surface area contributed by atoms with Gasteiger partial charge in [-0.2, -0.15) is 0 Å². The van der Waals surface area contributed by atoms with Gasteiger partial charge in [0.15, 0.2) is 0 Å². The lowest BCUT2D eigenvalue weighted by Crippen LogP contribution is -2.50. The molecule has 2 aromatic rings. The molecule has 3 rings (SSSR count). The molecule has 1 saturated heterocycles. The summed E-state index contributed by atoms with van der Waals surface area (Å²) in [6.07, 6.45) is -1.17. The summed E-state index contributed by atoms with van der Waals surface area (Å²) >= 11 is 0. The number of carbonyl (C=O) groups is 1. The van der Waals surface area contributed by atoms with Crippen molar-refractivity contribution in [3.63, 3.8) is 0 Å². The Hall–Kier alpha value is -2.65. The van der Waals surface area contributed by atoms with Gasteiger partial charge in [0.25, 0.3) is 0 Å². The molecule has 0 aromatic heterocycles. The van der Waals surface area contributed by atoms with Gasteiger partial charge in [0.1, 0.15) is 18.0 Å². The Kier molecular flexibility index (Phi) is 8.25. The number of urea groups is 1. The average molecular weight is 430 g/mol. The summed E-state index contributed by atoms with van der Waals surface area (Å²) in [6, 6.07) is 16.4. The van der Waals surface area contributed by atoms with Crippen LogP contribution < -0.4 is 15.4 Å². The highest BCUT2D eigenvalue weighted by atomic mass is 16.5. The van der Waals surface area contributed by atoms with Gasteiger partial charge in [-0.25, -0.2) is 4.79 Å². The Morgan fingerprint density at radius 2 is 1.94 bits per heavy atom. The third-order valence-corrected chi connectivity index (χ3v) is 5.54. The van der Waals surface area contributed by atoms with Crippen LogP contribution in [0.3, 0.4) is 0 Å². The molecule has 1 fully saturated rings. The molecule has 0 bridgehead atoms. The second kappa shape index (κ2) is 11.1. The van der Waals surface area contributed by atoms with Gasteiger partial charge < -0.3 is 30.3 Å². The van der Waals surface area contributed by atoms with Crippen LogP contribution in [0, 0.1) is 0 Å². The maximum Gasteiger partial charge on any atom is 0.319 e. The number of anilines is 1. The summed E-state index contributed by atoms with van der Waals surface area (Å²) in [4.78, 5) is 14.4. The average Bonchev–Trinajstić information content (AvgIpc) is 3.12. The summed E-state index contributed by atoms with van der Waals surface area (Å²) in [5, 5.41) is 25.8. The van der Waals surface area contributed by atoms with Gasteiger partial charge in [-0.05, 0) is 31.2 Å². The first-order valence-corrected chi connectivity index (χ1v) is 10.4. The molecular weight excluding hydrogens is 398 g/mol. The van der Waals surface area contributed by atoms with Gasteiger partial charge in [-0.3, -0.25) is 4.90 Å². The van der Waals surface area contributed by atoms with Gasteiger partial charge in [-0.15, -0.1) is 0 Å². The fraction of sp³-hybridized carbons (Fsp3) is 0.435. The molecule has 4 atom stereocenters. The minimum Gasteiger partial charge on any atom is -0.497 e. The van der Waals surface area contributed by atoms with E-state index in [0.717, 1.165) is 6.42 Å². The highest BCUT2D eigenvalue weighted by Gasteiger charge is 2.45. The van der Waals surface area contributed by atoms with E-state index in [2.05, 4.69) is 22.8 Å². The number of rotatable bonds is 9. The first-order valence-electron chi connectivity index (χ1n) is 10.4. The van der Waals surface area contributed by atoms with Gasteiger partial charge in [0.2, 0.25) is 0 Å². The number of methoxy groups -OCH3 is 1. The van der Waals surface area contributed by atoms with Crippen LogP contribution >= 0.6 is 0 Å². The SMILES string of the molecule is COc1cccc(NC(=O)NC[C@H]2O[C@@H](CO)[C@@H](O)[C@H]2N(C)CCc2ccccc2)c1. The van der Waals surface area contributed by atoms with Gasteiger partial charge in [0, 0.05) is 24.8 Å². The number of hydrogen-bond donors (Lipinski definition) is 4. The molecule has 1 aliphatic rings.